The molecule has 4 nitrogen and oxygen atoms in total. The predicted octanol–water partition coefficient (Wildman–Crippen LogP) is 4.62. The molecule has 3 aromatic heterocycles. The van der Waals surface area contributed by atoms with Crippen LogP contribution in [0.15, 0.2) is 65.5 Å². The summed E-state index contributed by atoms with van der Waals surface area (Å²) in [5.74, 6) is 0.563. The van der Waals surface area contributed by atoms with Gasteiger partial charge in [-0.25, -0.2) is 4.98 Å². The zero-order chi connectivity index (χ0) is 16.5. The first kappa shape index (κ1) is 14.7. The van der Waals surface area contributed by atoms with E-state index in [0.29, 0.717) is 11.4 Å². The van der Waals surface area contributed by atoms with Crippen LogP contribution in [0.5, 0.6) is 0 Å². The summed E-state index contributed by atoms with van der Waals surface area (Å²) in [6.07, 6.45) is 1.92. The molecular formula is C19H15N3OS. The van der Waals surface area contributed by atoms with E-state index in [9.17, 15) is 4.79 Å². The third-order valence-corrected chi connectivity index (χ3v) is 4.59. The number of benzene rings is 1. The van der Waals surface area contributed by atoms with Crippen molar-refractivity contribution < 1.29 is 4.79 Å². The van der Waals surface area contributed by atoms with Gasteiger partial charge in [0.15, 0.2) is 0 Å². The summed E-state index contributed by atoms with van der Waals surface area (Å²) < 4.78 is 1.93. The highest BCUT2D eigenvalue weighted by molar-refractivity contribution is 7.08. The van der Waals surface area contributed by atoms with Gasteiger partial charge in [0.25, 0.3) is 5.91 Å². The van der Waals surface area contributed by atoms with Crippen LogP contribution in [-0.2, 0) is 0 Å². The Hall–Kier alpha value is -2.92. The van der Waals surface area contributed by atoms with E-state index < -0.39 is 0 Å². The van der Waals surface area contributed by atoms with Gasteiger partial charge in [-0.15, -0.1) is 0 Å². The molecule has 3 heterocycles. The average molecular weight is 333 g/mol. The summed E-state index contributed by atoms with van der Waals surface area (Å²) in [5, 5.41) is 6.76. The van der Waals surface area contributed by atoms with Crippen LogP contribution >= 0.6 is 11.3 Å². The van der Waals surface area contributed by atoms with Gasteiger partial charge in [-0.1, -0.05) is 36.4 Å². The molecule has 0 bridgehead atoms. The van der Waals surface area contributed by atoms with Crippen molar-refractivity contribution in [1.29, 1.82) is 0 Å². The summed E-state index contributed by atoms with van der Waals surface area (Å²) in [6, 6.07) is 15.7. The van der Waals surface area contributed by atoms with Gasteiger partial charge in [0.05, 0.1) is 5.56 Å². The first-order chi connectivity index (χ1) is 11.7. The topological polar surface area (TPSA) is 46.4 Å². The van der Waals surface area contributed by atoms with Crippen molar-refractivity contribution in [2.24, 2.45) is 0 Å². The number of thiophene rings is 1. The number of fused-ring (bicyclic) bond motifs is 1. The number of amides is 1. The molecule has 0 spiro atoms. The van der Waals surface area contributed by atoms with Crippen LogP contribution in [0.25, 0.3) is 16.9 Å². The molecule has 1 aromatic carbocycles. The average Bonchev–Trinajstić information content (AvgIpc) is 3.25. The van der Waals surface area contributed by atoms with Gasteiger partial charge in [0, 0.05) is 17.1 Å². The van der Waals surface area contributed by atoms with Crippen molar-refractivity contribution in [2.45, 2.75) is 6.92 Å². The lowest BCUT2D eigenvalue weighted by Gasteiger charge is -2.07. The lowest BCUT2D eigenvalue weighted by molar-refractivity contribution is 0.102. The SMILES string of the molecule is Cc1cccn2c(NC(=O)c3ccsc3)c(-c3ccccc3)nc12. The van der Waals surface area contributed by atoms with E-state index in [1.54, 1.807) is 0 Å². The molecule has 0 saturated heterocycles. The zero-order valence-electron chi connectivity index (χ0n) is 13.1. The number of nitrogens with one attached hydrogen (secondary N) is 1. The van der Waals surface area contributed by atoms with Crippen molar-refractivity contribution in [2.75, 3.05) is 5.32 Å². The number of pyridine rings is 1. The summed E-state index contributed by atoms with van der Waals surface area (Å²) in [4.78, 5) is 17.3. The maximum absolute atomic E-state index is 12.5. The molecule has 118 valence electrons. The molecule has 0 atom stereocenters. The van der Waals surface area contributed by atoms with Crippen molar-refractivity contribution >= 4 is 28.7 Å². The summed E-state index contributed by atoms with van der Waals surface area (Å²) in [5.41, 5.74) is 4.30. The van der Waals surface area contributed by atoms with Crippen molar-refractivity contribution in [3.05, 3.63) is 76.6 Å². The number of anilines is 1. The Bertz CT molecular complexity index is 1000. The Labute approximate surface area is 143 Å². The van der Waals surface area contributed by atoms with Gasteiger partial charge in [0.1, 0.15) is 17.2 Å². The van der Waals surface area contributed by atoms with Crippen molar-refractivity contribution in [3.8, 4) is 11.3 Å². The van der Waals surface area contributed by atoms with Crippen molar-refractivity contribution in [1.82, 2.24) is 9.38 Å². The number of hydrogen-bond acceptors (Lipinski definition) is 3. The Kier molecular flexibility index (Phi) is 3.63. The summed E-state index contributed by atoms with van der Waals surface area (Å²) in [7, 11) is 0. The molecular weight excluding hydrogens is 318 g/mol. The number of nitrogens with zero attached hydrogens (tertiary/aromatic N) is 2. The lowest BCUT2D eigenvalue weighted by Crippen LogP contribution is -2.13. The first-order valence-corrected chi connectivity index (χ1v) is 8.55. The van der Waals surface area contributed by atoms with Crippen LogP contribution < -0.4 is 5.32 Å². The fourth-order valence-corrected chi connectivity index (χ4v) is 3.33. The Morgan fingerprint density at radius 3 is 2.71 bits per heavy atom. The number of aryl methyl sites for hydroxylation is 1. The van der Waals surface area contributed by atoms with Crippen LogP contribution in [0.4, 0.5) is 5.82 Å². The molecule has 5 heteroatoms. The number of hydrogen-bond donors (Lipinski definition) is 1. The monoisotopic (exact) mass is 333 g/mol. The number of carbonyl (C=O) groups is 1. The second-order valence-electron chi connectivity index (χ2n) is 5.53. The van der Waals surface area contributed by atoms with Crippen LogP contribution in [-0.4, -0.2) is 15.3 Å². The fraction of sp³-hybridized carbons (Fsp3) is 0.0526. The largest absolute Gasteiger partial charge is 0.306 e. The second kappa shape index (κ2) is 5.94. The molecule has 0 radical (unpaired) electrons. The molecule has 1 amide bonds. The van der Waals surface area contributed by atoms with Crippen LogP contribution in [0.2, 0.25) is 0 Å². The molecule has 0 aliphatic heterocycles. The van der Waals surface area contributed by atoms with E-state index in [2.05, 4.69) is 5.32 Å². The Morgan fingerprint density at radius 2 is 1.96 bits per heavy atom. The van der Waals surface area contributed by atoms with E-state index in [0.717, 1.165) is 22.5 Å². The van der Waals surface area contributed by atoms with Gasteiger partial charge >= 0.3 is 0 Å². The maximum Gasteiger partial charge on any atom is 0.257 e. The highest BCUT2D eigenvalue weighted by Gasteiger charge is 2.18. The predicted molar refractivity (Wildman–Crippen MR) is 97.6 cm³/mol. The maximum atomic E-state index is 12.5. The normalized spacial score (nSPS) is 10.9. The fourth-order valence-electron chi connectivity index (χ4n) is 2.69. The molecule has 0 aliphatic carbocycles. The first-order valence-electron chi connectivity index (χ1n) is 7.60. The van der Waals surface area contributed by atoms with Gasteiger partial charge in [-0.2, -0.15) is 11.3 Å². The summed E-state index contributed by atoms with van der Waals surface area (Å²) in [6.45, 7) is 2.02. The summed E-state index contributed by atoms with van der Waals surface area (Å²) >= 11 is 1.50. The molecule has 4 aromatic rings. The van der Waals surface area contributed by atoms with Crippen LogP contribution in [0.1, 0.15) is 15.9 Å². The molecule has 4 rings (SSSR count). The van der Waals surface area contributed by atoms with E-state index in [1.165, 1.54) is 11.3 Å². The number of rotatable bonds is 3. The quantitative estimate of drug-likeness (QED) is 0.594. The van der Waals surface area contributed by atoms with E-state index in [1.807, 2.05) is 76.8 Å². The van der Waals surface area contributed by atoms with Crippen LogP contribution in [0, 0.1) is 6.92 Å². The minimum absolute atomic E-state index is 0.128. The number of aromatic nitrogens is 2. The molecule has 0 unspecified atom stereocenters. The molecule has 0 fully saturated rings. The van der Waals surface area contributed by atoms with Crippen molar-refractivity contribution in [3.63, 3.8) is 0 Å². The third-order valence-electron chi connectivity index (χ3n) is 3.91. The van der Waals surface area contributed by atoms with E-state index in [4.69, 9.17) is 4.98 Å². The minimum atomic E-state index is -0.128. The lowest BCUT2D eigenvalue weighted by atomic mass is 10.1. The highest BCUT2D eigenvalue weighted by Crippen LogP contribution is 2.30. The van der Waals surface area contributed by atoms with Gasteiger partial charge < -0.3 is 5.32 Å². The van der Waals surface area contributed by atoms with Gasteiger partial charge in [-0.05, 0) is 30.0 Å². The molecule has 0 aliphatic rings. The van der Waals surface area contributed by atoms with E-state index >= 15 is 0 Å². The van der Waals surface area contributed by atoms with Gasteiger partial charge in [-0.3, -0.25) is 9.20 Å². The zero-order valence-corrected chi connectivity index (χ0v) is 13.9. The number of carbonyl (C=O) groups excluding carboxylic acids is 1. The minimum Gasteiger partial charge on any atom is -0.306 e. The molecule has 0 saturated carbocycles. The molecule has 24 heavy (non-hydrogen) atoms. The van der Waals surface area contributed by atoms with E-state index in [-0.39, 0.29) is 5.91 Å². The van der Waals surface area contributed by atoms with Gasteiger partial charge in [0.2, 0.25) is 0 Å². The Morgan fingerprint density at radius 1 is 1.12 bits per heavy atom. The Balaban J connectivity index is 1.88. The third kappa shape index (κ3) is 2.49. The second-order valence-corrected chi connectivity index (χ2v) is 6.31. The smallest absolute Gasteiger partial charge is 0.257 e. The van der Waals surface area contributed by atoms with Crippen LogP contribution in [0.3, 0.4) is 0 Å². The standard InChI is InChI=1S/C19H15N3OS/c1-13-6-5-10-22-17(13)20-16(14-7-3-2-4-8-14)18(22)21-19(23)15-9-11-24-12-15/h2-12H,1H3,(H,21,23). The molecule has 1 N–H and O–H groups in total. The highest BCUT2D eigenvalue weighted by atomic mass is 32.1. The number of imidazole rings is 1.